The molecule has 1 rings (SSSR count). The van der Waals surface area contributed by atoms with Crippen LogP contribution in [0, 0.1) is 0 Å². The van der Waals surface area contributed by atoms with E-state index in [4.69, 9.17) is 9.47 Å². The average Bonchev–Trinajstić information content (AvgIpc) is 2.28. The summed E-state index contributed by atoms with van der Waals surface area (Å²) in [7, 11) is 3.14. The van der Waals surface area contributed by atoms with Crippen LogP contribution in [0.5, 0.6) is 11.5 Å². The molecule has 0 amide bonds. The Morgan fingerprint density at radius 1 is 1.38 bits per heavy atom. The first kappa shape index (κ1) is 12.3. The maximum Gasteiger partial charge on any atom is 0.164 e. The molecule has 3 heteroatoms. The van der Waals surface area contributed by atoms with Gasteiger partial charge in [0, 0.05) is 11.1 Å². The SMILES string of the molecule is C=CCc1c(C(C)=O)ccc(OC)c1OC. The Bertz CT molecular complexity index is 408. The van der Waals surface area contributed by atoms with E-state index in [9.17, 15) is 4.79 Å². The van der Waals surface area contributed by atoms with Gasteiger partial charge in [0.2, 0.25) is 0 Å². The van der Waals surface area contributed by atoms with Crippen molar-refractivity contribution in [3.8, 4) is 11.5 Å². The van der Waals surface area contributed by atoms with Crippen LogP contribution in [0.15, 0.2) is 24.8 Å². The van der Waals surface area contributed by atoms with Gasteiger partial charge >= 0.3 is 0 Å². The van der Waals surface area contributed by atoms with Crippen LogP contribution in [-0.2, 0) is 6.42 Å². The molecule has 1 aromatic rings. The third-order valence-electron chi connectivity index (χ3n) is 2.38. The first-order chi connectivity index (χ1) is 7.65. The number of methoxy groups -OCH3 is 2. The fraction of sp³-hybridized carbons (Fsp3) is 0.308. The van der Waals surface area contributed by atoms with Gasteiger partial charge < -0.3 is 9.47 Å². The van der Waals surface area contributed by atoms with Crippen LogP contribution in [0.2, 0.25) is 0 Å². The van der Waals surface area contributed by atoms with Crippen LogP contribution in [0.4, 0.5) is 0 Å². The van der Waals surface area contributed by atoms with Gasteiger partial charge in [-0.3, -0.25) is 4.79 Å². The second kappa shape index (κ2) is 5.35. The average molecular weight is 220 g/mol. The topological polar surface area (TPSA) is 35.5 Å². The molecule has 0 aliphatic carbocycles. The number of rotatable bonds is 5. The zero-order valence-electron chi connectivity index (χ0n) is 9.87. The molecule has 0 fully saturated rings. The Hall–Kier alpha value is -1.77. The Morgan fingerprint density at radius 3 is 2.50 bits per heavy atom. The number of Topliss-reactive ketones (excluding diaryl/α,β-unsaturated/α-hetero) is 1. The van der Waals surface area contributed by atoms with Gasteiger partial charge in [0.1, 0.15) is 0 Å². The molecular weight excluding hydrogens is 204 g/mol. The molecule has 86 valence electrons. The van der Waals surface area contributed by atoms with Gasteiger partial charge in [-0.15, -0.1) is 6.58 Å². The normalized spacial score (nSPS) is 9.69. The lowest BCUT2D eigenvalue weighted by molar-refractivity contribution is 0.101. The second-order valence-electron chi connectivity index (χ2n) is 3.38. The molecule has 1 aromatic carbocycles. The third-order valence-corrected chi connectivity index (χ3v) is 2.38. The van der Waals surface area contributed by atoms with E-state index in [0.717, 1.165) is 5.56 Å². The Morgan fingerprint density at radius 2 is 2.06 bits per heavy atom. The molecule has 0 aliphatic rings. The van der Waals surface area contributed by atoms with Crippen molar-refractivity contribution in [2.24, 2.45) is 0 Å². The summed E-state index contributed by atoms with van der Waals surface area (Å²) in [6.07, 6.45) is 2.32. The summed E-state index contributed by atoms with van der Waals surface area (Å²) in [6.45, 7) is 5.22. The van der Waals surface area contributed by atoms with E-state index in [1.54, 1.807) is 32.4 Å². The van der Waals surface area contributed by atoms with E-state index in [2.05, 4.69) is 6.58 Å². The highest BCUT2D eigenvalue weighted by Gasteiger charge is 2.15. The second-order valence-corrected chi connectivity index (χ2v) is 3.38. The summed E-state index contributed by atoms with van der Waals surface area (Å²) >= 11 is 0. The van der Waals surface area contributed by atoms with Gasteiger partial charge in [0.25, 0.3) is 0 Å². The summed E-state index contributed by atoms with van der Waals surface area (Å²) in [5, 5.41) is 0. The number of hydrogen-bond donors (Lipinski definition) is 0. The van der Waals surface area contributed by atoms with Gasteiger partial charge in [-0.2, -0.15) is 0 Å². The standard InChI is InChI=1S/C13H16O3/c1-5-6-11-10(9(2)14)7-8-12(15-3)13(11)16-4/h5,7-8H,1,6H2,2-4H3. The fourth-order valence-electron chi connectivity index (χ4n) is 1.67. The molecule has 0 spiro atoms. The maximum atomic E-state index is 11.5. The zero-order valence-corrected chi connectivity index (χ0v) is 9.87. The zero-order chi connectivity index (χ0) is 12.1. The predicted octanol–water partition coefficient (Wildman–Crippen LogP) is 2.63. The first-order valence-corrected chi connectivity index (χ1v) is 5.01. The summed E-state index contributed by atoms with van der Waals surface area (Å²) in [6, 6.07) is 3.49. The van der Waals surface area contributed by atoms with Crippen molar-refractivity contribution < 1.29 is 14.3 Å². The van der Waals surface area contributed by atoms with Gasteiger partial charge in [-0.05, 0) is 25.5 Å². The van der Waals surface area contributed by atoms with Gasteiger partial charge in [0.05, 0.1) is 14.2 Å². The van der Waals surface area contributed by atoms with Crippen molar-refractivity contribution in [2.45, 2.75) is 13.3 Å². The Labute approximate surface area is 95.7 Å². The molecular formula is C13H16O3. The van der Waals surface area contributed by atoms with E-state index in [1.807, 2.05) is 0 Å². The molecule has 0 aliphatic heterocycles. The minimum absolute atomic E-state index is 0.0119. The monoisotopic (exact) mass is 220 g/mol. The predicted molar refractivity (Wildman–Crippen MR) is 63.5 cm³/mol. The fourth-order valence-corrected chi connectivity index (χ4v) is 1.67. The quantitative estimate of drug-likeness (QED) is 0.565. The molecule has 0 radical (unpaired) electrons. The van der Waals surface area contributed by atoms with Crippen LogP contribution >= 0.6 is 0 Å². The highest BCUT2D eigenvalue weighted by Crippen LogP contribution is 2.34. The van der Waals surface area contributed by atoms with Gasteiger partial charge in [-0.1, -0.05) is 6.08 Å². The summed E-state index contributed by atoms with van der Waals surface area (Å²) in [4.78, 5) is 11.5. The highest BCUT2D eigenvalue weighted by molar-refractivity contribution is 5.96. The van der Waals surface area contributed by atoms with Crippen molar-refractivity contribution in [3.63, 3.8) is 0 Å². The molecule has 0 heterocycles. The van der Waals surface area contributed by atoms with Crippen LogP contribution in [0.25, 0.3) is 0 Å². The highest BCUT2D eigenvalue weighted by atomic mass is 16.5. The van der Waals surface area contributed by atoms with Crippen molar-refractivity contribution in [3.05, 3.63) is 35.9 Å². The Balaban J connectivity index is 3.42. The smallest absolute Gasteiger partial charge is 0.164 e. The van der Waals surface area contributed by atoms with E-state index in [-0.39, 0.29) is 5.78 Å². The Kier molecular flexibility index (Phi) is 4.11. The molecule has 0 N–H and O–H groups in total. The molecule has 0 atom stereocenters. The number of allylic oxidation sites excluding steroid dienone is 1. The number of carbonyl (C=O) groups excluding carboxylic acids is 1. The molecule has 0 unspecified atom stereocenters. The van der Waals surface area contributed by atoms with E-state index in [1.165, 1.54) is 6.92 Å². The van der Waals surface area contributed by atoms with Crippen molar-refractivity contribution in [1.82, 2.24) is 0 Å². The molecule has 0 aromatic heterocycles. The van der Waals surface area contributed by atoms with E-state index in [0.29, 0.717) is 23.5 Å². The van der Waals surface area contributed by atoms with Crippen LogP contribution in [0.1, 0.15) is 22.8 Å². The lowest BCUT2D eigenvalue weighted by Crippen LogP contribution is -2.03. The van der Waals surface area contributed by atoms with Gasteiger partial charge in [-0.25, -0.2) is 0 Å². The molecule has 0 bridgehead atoms. The molecule has 3 nitrogen and oxygen atoms in total. The summed E-state index contributed by atoms with van der Waals surface area (Å²) in [5.74, 6) is 1.25. The lowest BCUT2D eigenvalue weighted by Gasteiger charge is -2.14. The number of carbonyl (C=O) groups is 1. The van der Waals surface area contributed by atoms with Crippen molar-refractivity contribution in [2.75, 3.05) is 14.2 Å². The van der Waals surface area contributed by atoms with Crippen molar-refractivity contribution in [1.29, 1.82) is 0 Å². The third kappa shape index (κ3) is 2.24. The van der Waals surface area contributed by atoms with Crippen LogP contribution < -0.4 is 9.47 Å². The largest absolute Gasteiger partial charge is 0.493 e. The summed E-state index contributed by atoms with van der Waals surface area (Å²) in [5.41, 5.74) is 1.47. The number of ketones is 1. The molecule has 0 saturated carbocycles. The number of hydrogen-bond acceptors (Lipinski definition) is 3. The van der Waals surface area contributed by atoms with E-state index >= 15 is 0 Å². The van der Waals surface area contributed by atoms with Crippen LogP contribution in [-0.4, -0.2) is 20.0 Å². The minimum atomic E-state index is 0.0119. The minimum Gasteiger partial charge on any atom is -0.493 e. The van der Waals surface area contributed by atoms with Crippen molar-refractivity contribution >= 4 is 5.78 Å². The first-order valence-electron chi connectivity index (χ1n) is 5.01. The summed E-state index contributed by atoms with van der Waals surface area (Å²) < 4.78 is 10.5. The van der Waals surface area contributed by atoms with E-state index < -0.39 is 0 Å². The number of benzene rings is 1. The molecule has 0 saturated heterocycles. The van der Waals surface area contributed by atoms with Gasteiger partial charge in [0.15, 0.2) is 17.3 Å². The lowest BCUT2D eigenvalue weighted by atomic mass is 10.00. The molecule has 16 heavy (non-hydrogen) atoms. The number of ether oxygens (including phenoxy) is 2. The maximum absolute atomic E-state index is 11.5. The van der Waals surface area contributed by atoms with Crippen LogP contribution in [0.3, 0.4) is 0 Å².